The minimum atomic E-state index is -0.514. The fourth-order valence-electron chi connectivity index (χ4n) is 3.85. The molecular formula is C23H24FN5O2. The summed E-state index contributed by atoms with van der Waals surface area (Å²) in [5, 5.41) is 9.63. The van der Waals surface area contributed by atoms with Crippen molar-refractivity contribution >= 4 is 28.8 Å². The molecule has 1 aliphatic carbocycles. The van der Waals surface area contributed by atoms with Crippen molar-refractivity contribution in [3.63, 3.8) is 0 Å². The van der Waals surface area contributed by atoms with Gasteiger partial charge in [0.05, 0.1) is 12.8 Å². The number of rotatable bonds is 8. The summed E-state index contributed by atoms with van der Waals surface area (Å²) in [5.74, 6) is 0.645. The largest absolute Gasteiger partial charge is 0.491 e. The molecule has 1 aliphatic heterocycles. The van der Waals surface area contributed by atoms with Gasteiger partial charge < -0.3 is 25.4 Å². The monoisotopic (exact) mass is 421 g/mol. The van der Waals surface area contributed by atoms with Crippen molar-refractivity contribution in [2.75, 3.05) is 42.8 Å². The van der Waals surface area contributed by atoms with E-state index in [0.29, 0.717) is 24.6 Å². The van der Waals surface area contributed by atoms with Crippen LogP contribution in [0.15, 0.2) is 48.7 Å². The number of hydrogen-bond acceptors (Lipinski definition) is 7. The van der Waals surface area contributed by atoms with E-state index in [-0.39, 0.29) is 5.82 Å². The summed E-state index contributed by atoms with van der Waals surface area (Å²) in [6.07, 6.45) is 3.62. The molecule has 3 aromatic rings. The van der Waals surface area contributed by atoms with Crippen LogP contribution >= 0.6 is 0 Å². The van der Waals surface area contributed by atoms with Crippen LogP contribution in [0.5, 0.6) is 5.75 Å². The fraction of sp³-hybridized carbons (Fsp3) is 0.304. The Labute approximate surface area is 180 Å². The van der Waals surface area contributed by atoms with E-state index >= 15 is 0 Å². The first-order chi connectivity index (χ1) is 15.1. The zero-order valence-corrected chi connectivity index (χ0v) is 17.2. The van der Waals surface area contributed by atoms with Crippen LogP contribution in [0.1, 0.15) is 18.4 Å². The molecule has 160 valence electrons. The summed E-state index contributed by atoms with van der Waals surface area (Å²) < 4.78 is 24.9. The number of aromatic nitrogens is 2. The first-order valence-corrected chi connectivity index (χ1v) is 10.3. The summed E-state index contributed by atoms with van der Waals surface area (Å²) in [4.78, 5) is 8.35. The molecule has 0 radical (unpaired) electrons. The van der Waals surface area contributed by atoms with Gasteiger partial charge >= 0.3 is 0 Å². The number of fused-ring (bicyclic) bond motifs is 2. The Hall–Kier alpha value is -3.39. The SMILES string of the molecule is COCCOc1ccc(Nc2ncc(F)c(Nc3ccc4c(c3)NCC43CC3)n2)cc1. The minimum Gasteiger partial charge on any atom is -0.491 e. The van der Waals surface area contributed by atoms with Crippen molar-refractivity contribution in [2.24, 2.45) is 0 Å². The predicted octanol–water partition coefficient (Wildman–Crippen LogP) is 4.59. The highest BCUT2D eigenvalue weighted by Crippen LogP contribution is 2.54. The topological polar surface area (TPSA) is 80.3 Å². The summed E-state index contributed by atoms with van der Waals surface area (Å²) in [7, 11) is 1.63. The Morgan fingerprint density at radius 2 is 1.87 bits per heavy atom. The third-order valence-electron chi connectivity index (χ3n) is 5.74. The molecule has 0 atom stereocenters. The number of methoxy groups -OCH3 is 1. The van der Waals surface area contributed by atoms with Gasteiger partial charge in [-0.15, -0.1) is 0 Å². The highest BCUT2D eigenvalue weighted by molar-refractivity contribution is 5.71. The molecule has 7 nitrogen and oxygen atoms in total. The fourth-order valence-corrected chi connectivity index (χ4v) is 3.85. The molecule has 2 aromatic carbocycles. The van der Waals surface area contributed by atoms with Crippen LogP contribution < -0.4 is 20.7 Å². The molecule has 5 rings (SSSR count). The lowest BCUT2D eigenvalue weighted by Crippen LogP contribution is -2.08. The van der Waals surface area contributed by atoms with Gasteiger partial charge in [0.25, 0.3) is 0 Å². The van der Waals surface area contributed by atoms with E-state index in [1.165, 1.54) is 18.4 Å². The van der Waals surface area contributed by atoms with E-state index in [9.17, 15) is 4.39 Å². The molecule has 0 bridgehead atoms. The van der Waals surface area contributed by atoms with E-state index < -0.39 is 5.82 Å². The van der Waals surface area contributed by atoms with Crippen LogP contribution in [0.25, 0.3) is 0 Å². The smallest absolute Gasteiger partial charge is 0.229 e. The highest BCUT2D eigenvalue weighted by Gasteiger charge is 2.48. The third-order valence-corrected chi connectivity index (χ3v) is 5.74. The van der Waals surface area contributed by atoms with Crippen LogP contribution in [-0.2, 0) is 10.2 Å². The summed E-state index contributed by atoms with van der Waals surface area (Å²) in [6, 6.07) is 13.5. The van der Waals surface area contributed by atoms with Gasteiger partial charge in [0.1, 0.15) is 12.4 Å². The van der Waals surface area contributed by atoms with Gasteiger partial charge in [-0.2, -0.15) is 4.98 Å². The highest BCUT2D eigenvalue weighted by atomic mass is 19.1. The Morgan fingerprint density at radius 3 is 2.65 bits per heavy atom. The molecule has 2 aliphatic rings. The molecule has 0 unspecified atom stereocenters. The number of ether oxygens (including phenoxy) is 2. The van der Waals surface area contributed by atoms with Gasteiger partial charge in [-0.3, -0.25) is 0 Å². The molecule has 1 spiro atoms. The first kappa shape index (κ1) is 19.6. The van der Waals surface area contributed by atoms with Gasteiger partial charge in [-0.05, 0) is 54.8 Å². The van der Waals surface area contributed by atoms with Crippen molar-refractivity contribution in [2.45, 2.75) is 18.3 Å². The van der Waals surface area contributed by atoms with Crippen molar-refractivity contribution < 1.29 is 13.9 Å². The number of halogens is 1. The van der Waals surface area contributed by atoms with Crippen molar-refractivity contribution in [3.05, 3.63) is 60.0 Å². The number of nitrogens with zero attached hydrogens (tertiary/aromatic N) is 2. The number of hydrogen-bond donors (Lipinski definition) is 3. The van der Waals surface area contributed by atoms with E-state index in [4.69, 9.17) is 9.47 Å². The molecule has 2 heterocycles. The van der Waals surface area contributed by atoms with Gasteiger partial charge in [-0.1, -0.05) is 6.07 Å². The van der Waals surface area contributed by atoms with Crippen molar-refractivity contribution in [1.82, 2.24) is 9.97 Å². The predicted molar refractivity (Wildman–Crippen MR) is 118 cm³/mol. The lowest BCUT2D eigenvalue weighted by atomic mass is 9.98. The average molecular weight is 421 g/mol. The molecule has 3 N–H and O–H groups in total. The molecule has 1 fully saturated rings. The van der Waals surface area contributed by atoms with Crippen molar-refractivity contribution in [1.29, 1.82) is 0 Å². The van der Waals surface area contributed by atoms with Gasteiger partial charge in [-0.25, -0.2) is 9.37 Å². The zero-order valence-electron chi connectivity index (χ0n) is 17.2. The second-order valence-corrected chi connectivity index (χ2v) is 7.90. The van der Waals surface area contributed by atoms with Crippen LogP contribution in [0.3, 0.4) is 0 Å². The van der Waals surface area contributed by atoms with Crippen LogP contribution in [0, 0.1) is 5.82 Å². The van der Waals surface area contributed by atoms with Gasteiger partial charge in [0, 0.05) is 36.1 Å². The Bertz CT molecular complexity index is 1090. The van der Waals surface area contributed by atoms with E-state index in [2.05, 4.69) is 32.0 Å². The number of benzene rings is 2. The molecular weight excluding hydrogens is 397 g/mol. The van der Waals surface area contributed by atoms with Gasteiger partial charge in [0.15, 0.2) is 11.6 Å². The number of anilines is 5. The van der Waals surface area contributed by atoms with Crippen LogP contribution in [0.2, 0.25) is 0 Å². The first-order valence-electron chi connectivity index (χ1n) is 10.3. The number of nitrogens with one attached hydrogen (secondary N) is 3. The second kappa shape index (κ2) is 8.03. The molecule has 8 heteroatoms. The van der Waals surface area contributed by atoms with Gasteiger partial charge in [0.2, 0.25) is 5.95 Å². The molecule has 1 saturated carbocycles. The molecule has 31 heavy (non-hydrogen) atoms. The standard InChI is InChI=1S/C23H24FN5O2/c1-30-10-11-31-17-5-2-15(3-6-17)28-22-25-13-19(24)21(29-22)27-16-4-7-18-20(12-16)26-14-23(18)8-9-23/h2-7,12-13,26H,8-11,14H2,1H3,(H2,25,27,28,29). The Morgan fingerprint density at radius 1 is 1.06 bits per heavy atom. The zero-order chi connectivity index (χ0) is 21.3. The molecule has 1 aromatic heterocycles. The lowest BCUT2D eigenvalue weighted by molar-refractivity contribution is 0.146. The van der Waals surface area contributed by atoms with E-state index in [1.807, 2.05) is 36.4 Å². The molecule has 0 amide bonds. The summed E-state index contributed by atoms with van der Waals surface area (Å²) >= 11 is 0. The van der Waals surface area contributed by atoms with Crippen molar-refractivity contribution in [3.8, 4) is 5.75 Å². The minimum absolute atomic E-state index is 0.121. The summed E-state index contributed by atoms with van der Waals surface area (Å²) in [5.41, 5.74) is 4.36. The maximum Gasteiger partial charge on any atom is 0.229 e. The lowest BCUT2D eigenvalue weighted by Gasteiger charge is -2.12. The Kier molecular flexibility index (Phi) is 5.07. The maximum absolute atomic E-state index is 14.3. The Balaban J connectivity index is 1.27. The average Bonchev–Trinajstić information content (AvgIpc) is 3.48. The summed E-state index contributed by atoms with van der Waals surface area (Å²) in [6.45, 7) is 2.00. The van der Waals surface area contributed by atoms with E-state index in [1.54, 1.807) is 7.11 Å². The third kappa shape index (κ3) is 4.11. The normalized spacial score (nSPS) is 15.3. The quantitative estimate of drug-likeness (QED) is 0.459. The second-order valence-electron chi connectivity index (χ2n) is 7.90. The van der Waals surface area contributed by atoms with E-state index in [0.717, 1.165) is 35.6 Å². The van der Waals surface area contributed by atoms with Crippen LogP contribution in [0.4, 0.5) is 33.2 Å². The van der Waals surface area contributed by atoms with Crippen LogP contribution in [-0.4, -0.2) is 36.8 Å². The maximum atomic E-state index is 14.3. The molecule has 0 saturated heterocycles.